The molecule has 0 heterocycles. The molecule has 1 aliphatic rings. The summed E-state index contributed by atoms with van der Waals surface area (Å²) in [5.74, 6) is -1.03. The Kier molecular flexibility index (Phi) is 5.93. The van der Waals surface area contributed by atoms with Gasteiger partial charge in [-0.2, -0.15) is 0 Å². The number of carbonyl (C=O) groups is 3. The van der Waals surface area contributed by atoms with Gasteiger partial charge in [0.25, 0.3) is 0 Å². The predicted octanol–water partition coefficient (Wildman–Crippen LogP) is 2.55. The summed E-state index contributed by atoms with van der Waals surface area (Å²) in [6, 6.07) is 15.3. The smallest absolute Gasteiger partial charge is 0.407 e. The van der Waals surface area contributed by atoms with Crippen molar-refractivity contribution in [1.29, 1.82) is 0 Å². The molecule has 28 heavy (non-hydrogen) atoms. The second-order valence-electron chi connectivity index (χ2n) is 6.51. The van der Waals surface area contributed by atoms with Crippen LogP contribution in [0.1, 0.15) is 30.9 Å². The van der Waals surface area contributed by atoms with E-state index in [2.05, 4.69) is 27.5 Å². The van der Waals surface area contributed by atoms with Crippen molar-refractivity contribution in [3.05, 3.63) is 59.7 Å². The standard InChI is InChI=1S/C21H22N2O5/c1-13(20(25)22-12-28-14(2)24)23-21(26)27-11-19-17-9-5-3-7-15(17)16-8-4-6-10-18(16)19/h3-10,13,19H,11-12H2,1-2H3,(H,22,25)(H,23,26). The van der Waals surface area contributed by atoms with Gasteiger partial charge < -0.3 is 20.1 Å². The summed E-state index contributed by atoms with van der Waals surface area (Å²) in [5.41, 5.74) is 4.52. The molecule has 0 saturated carbocycles. The Labute approximate surface area is 163 Å². The minimum absolute atomic E-state index is 0.0498. The van der Waals surface area contributed by atoms with Gasteiger partial charge in [0.05, 0.1) is 0 Å². The Morgan fingerprint density at radius 3 is 2.11 bits per heavy atom. The van der Waals surface area contributed by atoms with Crippen LogP contribution in [0.2, 0.25) is 0 Å². The topological polar surface area (TPSA) is 93.7 Å². The maximum atomic E-state index is 12.1. The Bertz CT molecular complexity index is 850. The highest BCUT2D eigenvalue weighted by molar-refractivity contribution is 5.85. The lowest BCUT2D eigenvalue weighted by Gasteiger charge is -2.17. The molecule has 2 aromatic rings. The molecule has 2 N–H and O–H groups in total. The van der Waals surface area contributed by atoms with E-state index in [1.54, 1.807) is 0 Å². The van der Waals surface area contributed by atoms with Gasteiger partial charge in [-0.3, -0.25) is 9.59 Å². The van der Waals surface area contributed by atoms with Crippen LogP contribution in [-0.2, 0) is 19.1 Å². The van der Waals surface area contributed by atoms with E-state index in [9.17, 15) is 14.4 Å². The molecule has 0 saturated heterocycles. The van der Waals surface area contributed by atoms with Gasteiger partial charge >= 0.3 is 12.1 Å². The van der Waals surface area contributed by atoms with Crippen molar-refractivity contribution in [1.82, 2.24) is 10.6 Å². The van der Waals surface area contributed by atoms with E-state index in [1.165, 1.54) is 13.8 Å². The first-order valence-electron chi connectivity index (χ1n) is 9.00. The van der Waals surface area contributed by atoms with Crippen molar-refractivity contribution in [2.45, 2.75) is 25.8 Å². The fourth-order valence-electron chi connectivity index (χ4n) is 3.24. The zero-order chi connectivity index (χ0) is 20.1. The highest BCUT2D eigenvalue weighted by atomic mass is 16.6. The molecule has 3 rings (SSSR count). The van der Waals surface area contributed by atoms with Crippen LogP contribution in [0, 0.1) is 0 Å². The molecular weight excluding hydrogens is 360 g/mol. The Hall–Kier alpha value is -3.35. The molecule has 0 fully saturated rings. The van der Waals surface area contributed by atoms with Gasteiger partial charge in [0.2, 0.25) is 5.91 Å². The number of esters is 1. The molecule has 1 unspecified atom stereocenters. The third kappa shape index (κ3) is 4.31. The SMILES string of the molecule is CC(=O)OCNC(=O)C(C)NC(=O)OCC1c2ccccc2-c2ccccc21. The number of hydrogen-bond acceptors (Lipinski definition) is 5. The number of rotatable bonds is 6. The minimum Gasteiger partial charge on any atom is -0.449 e. The summed E-state index contributed by atoms with van der Waals surface area (Å²) in [6.45, 7) is 2.68. The van der Waals surface area contributed by atoms with Gasteiger partial charge in [-0.15, -0.1) is 0 Å². The first-order valence-corrected chi connectivity index (χ1v) is 9.00. The van der Waals surface area contributed by atoms with E-state index in [4.69, 9.17) is 4.74 Å². The van der Waals surface area contributed by atoms with E-state index < -0.39 is 24.0 Å². The van der Waals surface area contributed by atoms with Crippen molar-refractivity contribution in [2.24, 2.45) is 0 Å². The third-order valence-electron chi connectivity index (χ3n) is 4.59. The van der Waals surface area contributed by atoms with Crippen LogP contribution in [0.25, 0.3) is 11.1 Å². The average molecular weight is 382 g/mol. The summed E-state index contributed by atoms with van der Waals surface area (Å²) in [5, 5.41) is 4.87. The van der Waals surface area contributed by atoms with Crippen molar-refractivity contribution < 1.29 is 23.9 Å². The molecule has 0 spiro atoms. The number of hydrogen-bond donors (Lipinski definition) is 2. The van der Waals surface area contributed by atoms with E-state index in [-0.39, 0.29) is 19.3 Å². The molecule has 0 aliphatic heterocycles. The number of ether oxygens (including phenoxy) is 2. The second-order valence-corrected chi connectivity index (χ2v) is 6.51. The molecule has 7 heteroatoms. The summed E-state index contributed by atoms with van der Waals surface area (Å²) in [4.78, 5) is 34.7. The number of fused-ring (bicyclic) bond motifs is 3. The Morgan fingerprint density at radius 1 is 0.964 bits per heavy atom. The van der Waals surface area contributed by atoms with Gasteiger partial charge in [0.15, 0.2) is 6.73 Å². The molecule has 7 nitrogen and oxygen atoms in total. The van der Waals surface area contributed by atoms with Gasteiger partial charge in [-0.05, 0) is 29.2 Å². The van der Waals surface area contributed by atoms with E-state index in [1.807, 2.05) is 36.4 Å². The monoisotopic (exact) mass is 382 g/mol. The molecule has 146 valence electrons. The van der Waals surface area contributed by atoms with Crippen LogP contribution >= 0.6 is 0 Å². The van der Waals surface area contributed by atoms with Crippen molar-refractivity contribution in [3.63, 3.8) is 0 Å². The van der Waals surface area contributed by atoms with Crippen LogP contribution in [0.5, 0.6) is 0 Å². The zero-order valence-electron chi connectivity index (χ0n) is 15.7. The van der Waals surface area contributed by atoms with Crippen molar-refractivity contribution in [3.8, 4) is 11.1 Å². The van der Waals surface area contributed by atoms with Crippen LogP contribution < -0.4 is 10.6 Å². The summed E-state index contributed by atoms with van der Waals surface area (Å²) >= 11 is 0. The van der Waals surface area contributed by atoms with Gasteiger partial charge in [0, 0.05) is 12.8 Å². The first kappa shape index (κ1) is 19.4. The number of nitrogens with one attached hydrogen (secondary N) is 2. The Morgan fingerprint density at radius 2 is 1.54 bits per heavy atom. The lowest BCUT2D eigenvalue weighted by atomic mass is 9.98. The maximum Gasteiger partial charge on any atom is 0.407 e. The molecule has 1 atom stereocenters. The first-order chi connectivity index (χ1) is 13.5. The van der Waals surface area contributed by atoms with Crippen molar-refractivity contribution in [2.75, 3.05) is 13.3 Å². The molecule has 2 aromatic carbocycles. The quantitative estimate of drug-likeness (QED) is 0.592. The second kappa shape index (κ2) is 8.56. The lowest BCUT2D eigenvalue weighted by Crippen LogP contribution is -2.45. The molecule has 0 radical (unpaired) electrons. The van der Waals surface area contributed by atoms with E-state index in [0.717, 1.165) is 22.3 Å². The van der Waals surface area contributed by atoms with Gasteiger partial charge in [-0.1, -0.05) is 48.5 Å². The highest BCUT2D eigenvalue weighted by Crippen LogP contribution is 2.44. The third-order valence-corrected chi connectivity index (χ3v) is 4.59. The van der Waals surface area contributed by atoms with E-state index >= 15 is 0 Å². The summed E-state index contributed by atoms with van der Waals surface area (Å²) in [6.07, 6.45) is -0.683. The number of benzene rings is 2. The lowest BCUT2D eigenvalue weighted by molar-refractivity contribution is -0.143. The highest BCUT2D eigenvalue weighted by Gasteiger charge is 2.29. The largest absolute Gasteiger partial charge is 0.449 e. The van der Waals surface area contributed by atoms with Crippen molar-refractivity contribution >= 4 is 18.0 Å². The van der Waals surface area contributed by atoms with E-state index in [0.29, 0.717) is 0 Å². The van der Waals surface area contributed by atoms with Crippen LogP contribution in [0.4, 0.5) is 4.79 Å². The number of alkyl carbamates (subject to hydrolysis) is 1. The molecule has 2 amide bonds. The Balaban J connectivity index is 1.56. The summed E-state index contributed by atoms with van der Waals surface area (Å²) < 4.78 is 10.0. The fourth-order valence-corrected chi connectivity index (χ4v) is 3.24. The van der Waals surface area contributed by atoms with Gasteiger partial charge in [-0.25, -0.2) is 4.79 Å². The predicted molar refractivity (Wildman–Crippen MR) is 102 cm³/mol. The normalized spacial score (nSPS) is 13.1. The molecule has 0 aromatic heterocycles. The molecule has 1 aliphatic carbocycles. The van der Waals surface area contributed by atoms with Crippen LogP contribution in [0.15, 0.2) is 48.5 Å². The van der Waals surface area contributed by atoms with Crippen LogP contribution in [-0.4, -0.2) is 37.3 Å². The maximum absolute atomic E-state index is 12.1. The number of carbonyl (C=O) groups excluding carboxylic acids is 3. The van der Waals surface area contributed by atoms with Gasteiger partial charge in [0.1, 0.15) is 12.6 Å². The fraction of sp³-hybridized carbons (Fsp3) is 0.286. The number of amides is 2. The molecule has 0 bridgehead atoms. The minimum atomic E-state index is -0.828. The summed E-state index contributed by atoms with van der Waals surface area (Å²) in [7, 11) is 0. The zero-order valence-corrected chi connectivity index (χ0v) is 15.7. The van der Waals surface area contributed by atoms with Crippen LogP contribution in [0.3, 0.4) is 0 Å². The average Bonchev–Trinajstić information content (AvgIpc) is 3.00. The molecular formula is C21H22N2O5.